The van der Waals surface area contributed by atoms with E-state index in [-0.39, 0.29) is 11.4 Å². The summed E-state index contributed by atoms with van der Waals surface area (Å²) < 4.78 is 1.21. The normalized spacial score (nSPS) is 9.79. The van der Waals surface area contributed by atoms with Gasteiger partial charge in [-0.3, -0.25) is 9.36 Å². The number of rotatable bonds is 2. The summed E-state index contributed by atoms with van der Waals surface area (Å²) in [4.78, 5) is 11.6. The van der Waals surface area contributed by atoms with Crippen LogP contribution in [0.5, 0.6) is 5.88 Å². The fourth-order valence-electron chi connectivity index (χ4n) is 1.33. The highest BCUT2D eigenvalue weighted by Gasteiger charge is 2.10. The summed E-state index contributed by atoms with van der Waals surface area (Å²) in [5.41, 5.74) is 0.213. The zero-order valence-corrected chi connectivity index (χ0v) is 8.24. The summed E-state index contributed by atoms with van der Waals surface area (Å²) in [6.07, 6.45) is 0.737. The first-order valence-electron chi connectivity index (χ1n) is 4.45. The molecule has 1 rings (SSSR count). The van der Waals surface area contributed by atoms with Crippen LogP contribution in [-0.2, 0) is 6.54 Å². The van der Waals surface area contributed by atoms with Crippen molar-refractivity contribution in [1.29, 1.82) is 5.26 Å². The van der Waals surface area contributed by atoms with Gasteiger partial charge in [0.25, 0.3) is 5.56 Å². The van der Waals surface area contributed by atoms with Crippen LogP contribution in [0.25, 0.3) is 0 Å². The maximum absolute atomic E-state index is 11.6. The standard InChI is InChI=1S/C10H12N2O2/c1-3-4-12-9(13)5-7(2)8(6-11)10(12)14/h5,13H,3-4H2,1-2H3. The first-order chi connectivity index (χ1) is 6.61. The lowest BCUT2D eigenvalue weighted by Gasteiger charge is -2.08. The number of nitriles is 1. The lowest BCUT2D eigenvalue weighted by atomic mass is 10.1. The van der Waals surface area contributed by atoms with Crippen molar-refractivity contribution in [2.45, 2.75) is 26.8 Å². The van der Waals surface area contributed by atoms with Gasteiger partial charge in [0.15, 0.2) is 5.88 Å². The average molecular weight is 192 g/mol. The molecule has 1 heterocycles. The van der Waals surface area contributed by atoms with Crippen molar-refractivity contribution >= 4 is 0 Å². The fourth-order valence-corrected chi connectivity index (χ4v) is 1.33. The van der Waals surface area contributed by atoms with E-state index in [0.29, 0.717) is 12.1 Å². The Morgan fingerprint density at radius 2 is 2.29 bits per heavy atom. The fraction of sp³-hybridized carbons (Fsp3) is 0.400. The van der Waals surface area contributed by atoms with Crippen LogP contribution in [0.4, 0.5) is 0 Å². The van der Waals surface area contributed by atoms with Crippen LogP contribution < -0.4 is 5.56 Å². The van der Waals surface area contributed by atoms with E-state index < -0.39 is 5.56 Å². The molecule has 1 aromatic rings. The zero-order valence-electron chi connectivity index (χ0n) is 8.24. The Balaban J connectivity index is 3.46. The molecule has 14 heavy (non-hydrogen) atoms. The molecule has 74 valence electrons. The molecule has 0 aliphatic rings. The molecule has 0 aromatic carbocycles. The topological polar surface area (TPSA) is 66.0 Å². The predicted octanol–water partition coefficient (Wildman–Crippen LogP) is 1.14. The Morgan fingerprint density at radius 1 is 1.64 bits per heavy atom. The molecule has 0 unspecified atom stereocenters. The maximum atomic E-state index is 11.6. The van der Waals surface area contributed by atoms with E-state index in [9.17, 15) is 9.90 Å². The van der Waals surface area contributed by atoms with E-state index in [0.717, 1.165) is 6.42 Å². The summed E-state index contributed by atoms with van der Waals surface area (Å²) >= 11 is 0. The van der Waals surface area contributed by atoms with Crippen molar-refractivity contribution in [2.75, 3.05) is 0 Å². The number of aryl methyl sites for hydroxylation is 1. The molecule has 0 saturated heterocycles. The van der Waals surface area contributed by atoms with Gasteiger partial charge >= 0.3 is 0 Å². The molecular weight excluding hydrogens is 180 g/mol. The SMILES string of the molecule is CCCn1c(O)cc(C)c(C#N)c1=O. The number of aromatic nitrogens is 1. The zero-order chi connectivity index (χ0) is 10.7. The third-order valence-electron chi connectivity index (χ3n) is 2.03. The van der Waals surface area contributed by atoms with Gasteiger partial charge in [0.05, 0.1) is 0 Å². The number of aromatic hydroxyl groups is 1. The average Bonchev–Trinajstić information content (AvgIpc) is 2.12. The minimum atomic E-state index is -0.410. The first kappa shape index (κ1) is 10.3. The number of hydrogen-bond donors (Lipinski definition) is 1. The summed E-state index contributed by atoms with van der Waals surface area (Å²) in [7, 11) is 0. The molecule has 0 fully saturated rings. The van der Waals surface area contributed by atoms with Crippen molar-refractivity contribution in [2.24, 2.45) is 0 Å². The Bertz CT molecular complexity index is 441. The monoisotopic (exact) mass is 192 g/mol. The van der Waals surface area contributed by atoms with Crippen LogP contribution in [-0.4, -0.2) is 9.67 Å². The van der Waals surface area contributed by atoms with Crippen molar-refractivity contribution in [3.8, 4) is 11.9 Å². The smallest absolute Gasteiger partial charge is 0.271 e. The second-order valence-corrected chi connectivity index (χ2v) is 3.13. The molecule has 0 atom stereocenters. The molecule has 0 radical (unpaired) electrons. The molecule has 4 nitrogen and oxygen atoms in total. The molecule has 0 bridgehead atoms. The lowest BCUT2D eigenvalue weighted by molar-refractivity contribution is 0.404. The number of pyridine rings is 1. The van der Waals surface area contributed by atoms with Crippen molar-refractivity contribution in [3.63, 3.8) is 0 Å². The first-order valence-corrected chi connectivity index (χ1v) is 4.45. The van der Waals surface area contributed by atoms with Crippen LogP contribution >= 0.6 is 0 Å². The van der Waals surface area contributed by atoms with Crippen LogP contribution in [0.2, 0.25) is 0 Å². The van der Waals surface area contributed by atoms with Crippen molar-refractivity contribution < 1.29 is 5.11 Å². The van der Waals surface area contributed by atoms with Gasteiger partial charge in [0.1, 0.15) is 11.6 Å². The summed E-state index contributed by atoms with van der Waals surface area (Å²) in [6, 6.07) is 3.29. The third kappa shape index (κ3) is 1.62. The van der Waals surface area contributed by atoms with Crippen LogP contribution in [0.3, 0.4) is 0 Å². The predicted molar refractivity (Wildman–Crippen MR) is 52.1 cm³/mol. The van der Waals surface area contributed by atoms with E-state index in [1.54, 1.807) is 6.92 Å². The molecular formula is C10H12N2O2. The molecule has 1 aromatic heterocycles. The van der Waals surface area contributed by atoms with Gasteiger partial charge < -0.3 is 5.11 Å². The van der Waals surface area contributed by atoms with Crippen LogP contribution in [0.1, 0.15) is 24.5 Å². The Labute approximate surface area is 82.0 Å². The molecule has 0 aliphatic carbocycles. The molecule has 0 aliphatic heterocycles. The highest BCUT2D eigenvalue weighted by molar-refractivity contribution is 5.37. The van der Waals surface area contributed by atoms with E-state index in [1.807, 2.05) is 13.0 Å². The highest BCUT2D eigenvalue weighted by Crippen LogP contribution is 2.11. The summed E-state index contributed by atoms with van der Waals surface area (Å²) in [5.74, 6) is -0.0756. The Hall–Kier alpha value is -1.76. The van der Waals surface area contributed by atoms with E-state index in [1.165, 1.54) is 10.6 Å². The van der Waals surface area contributed by atoms with Crippen LogP contribution in [0, 0.1) is 18.3 Å². The minimum absolute atomic E-state index is 0.0756. The van der Waals surface area contributed by atoms with Gasteiger partial charge in [0, 0.05) is 12.6 Å². The second kappa shape index (κ2) is 3.97. The molecule has 0 saturated carbocycles. The number of nitrogens with zero attached hydrogens (tertiary/aromatic N) is 2. The van der Waals surface area contributed by atoms with Gasteiger partial charge in [0.2, 0.25) is 0 Å². The molecule has 0 spiro atoms. The Morgan fingerprint density at radius 3 is 2.79 bits per heavy atom. The van der Waals surface area contributed by atoms with Crippen molar-refractivity contribution in [3.05, 3.63) is 27.5 Å². The Kier molecular flexibility index (Phi) is 2.92. The van der Waals surface area contributed by atoms with Gasteiger partial charge in [-0.2, -0.15) is 5.26 Å². The third-order valence-corrected chi connectivity index (χ3v) is 2.03. The van der Waals surface area contributed by atoms with Gasteiger partial charge in [-0.25, -0.2) is 0 Å². The second-order valence-electron chi connectivity index (χ2n) is 3.13. The van der Waals surface area contributed by atoms with E-state index >= 15 is 0 Å². The number of hydrogen-bond acceptors (Lipinski definition) is 3. The maximum Gasteiger partial charge on any atom is 0.271 e. The molecule has 4 heteroatoms. The van der Waals surface area contributed by atoms with Crippen LogP contribution in [0.15, 0.2) is 10.9 Å². The summed E-state index contributed by atoms with van der Waals surface area (Å²) in [6.45, 7) is 3.97. The molecule has 0 amide bonds. The highest BCUT2D eigenvalue weighted by atomic mass is 16.3. The summed E-state index contributed by atoms with van der Waals surface area (Å²) in [5, 5.41) is 18.2. The minimum Gasteiger partial charge on any atom is -0.494 e. The van der Waals surface area contributed by atoms with Gasteiger partial charge in [-0.1, -0.05) is 6.92 Å². The van der Waals surface area contributed by atoms with E-state index in [2.05, 4.69) is 0 Å². The van der Waals surface area contributed by atoms with Gasteiger partial charge in [-0.05, 0) is 18.9 Å². The van der Waals surface area contributed by atoms with E-state index in [4.69, 9.17) is 5.26 Å². The molecule has 1 N–H and O–H groups in total. The van der Waals surface area contributed by atoms with Crippen molar-refractivity contribution in [1.82, 2.24) is 4.57 Å². The van der Waals surface area contributed by atoms with Gasteiger partial charge in [-0.15, -0.1) is 0 Å². The largest absolute Gasteiger partial charge is 0.494 e. The quantitative estimate of drug-likeness (QED) is 0.764. The lowest BCUT2D eigenvalue weighted by Crippen LogP contribution is -2.23.